The van der Waals surface area contributed by atoms with Gasteiger partial charge < -0.3 is 15.6 Å². The second-order valence-electron chi connectivity index (χ2n) is 3.45. The van der Waals surface area contributed by atoms with Crippen LogP contribution in [0.3, 0.4) is 0 Å². The molecule has 1 aromatic rings. The number of nitrogens with two attached hydrogens (primary N) is 1. The van der Waals surface area contributed by atoms with Gasteiger partial charge in [0.05, 0.1) is 6.61 Å². The molecule has 0 aliphatic rings. The predicted octanol–water partition coefficient (Wildman–Crippen LogP) is 1.15. The summed E-state index contributed by atoms with van der Waals surface area (Å²) < 4.78 is 5.49. The van der Waals surface area contributed by atoms with Crippen LogP contribution in [0.2, 0.25) is 0 Å². The molecule has 0 heterocycles. The lowest BCUT2D eigenvalue weighted by Crippen LogP contribution is -2.12. The number of aliphatic hydroxyl groups is 1. The van der Waals surface area contributed by atoms with Gasteiger partial charge in [0.25, 0.3) is 0 Å². The zero-order valence-corrected chi connectivity index (χ0v) is 8.44. The Kier molecular flexibility index (Phi) is 4.43. The van der Waals surface area contributed by atoms with Crippen molar-refractivity contribution in [3.05, 3.63) is 29.8 Å². The van der Waals surface area contributed by atoms with E-state index in [1.807, 2.05) is 31.2 Å². The van der Waals surface area contributed by atoms with E-state index in [0.29, 0.717) is 13.2 Å². The van der Waals surface area contributed by atoms with E-state index in [4.69, 9.17) is 15.6 Å². The number of hydrogen-bond acceptors (Lipinski definition) is 3. The van der Waals surface area contributed by atoms with Crippen LogP contribution in [0.1, 0.15) is 12.5 Å². The summed E-state index contributed by atoms with van der Waals surface area (Å²) in [7, 11) is 0. The zero-order valence-electron chi connectivity index (χ0n) is 8.44. The van der Waals surface area contributed by atoms with Crippen LogP contribution in [0.4, 0.5) is 0 Å². The Balaban J connectivity index is 2.50. The van der Waals surface area contributed by atoms with Crippen LogP contribution in [0.5, 0.6) is 5.75 Å². The van der Waals surface area contributed by atoms with Crippen molar-refractivity contribution in [2.75, 3.05) is 13.2 Å². The molecule has 78 valence electrons. The van der Waals surface area contributed by atoms with E-state index in [1.54, 1.807) is 0 Å². The van der Waals surface area contributed by atoms with E-state index in [9.17, 15) is 0 Å². The highest BCUT2D eigenvalue weighted by Gasteiger charge is 2.01. The quantitative estimate of drug-likeness (QED) is 0.741. The minimum Gasteiger partial charge on any atom is -0.493 e. The Hall–Kier alpha value is -1.06. The first-order chi connectivity index (χ1) is 6.76. The number of aliphatic hydroxyl groups excluding tert-OH is 1. The summed E-state index contributed by atoms with van der Waals surface area (Å²) in [6.45, 7) is 3.14. The standard InChI is InChI=1S/C11H17NO2/c1-9(7-13)8-14-11-4-2-3-10(5-11)6-12/h2-5,9,13H,6-8,12H2,1H3. The molecule has 3 N–H and O–H groups in total. The molecular formula is C11H17NO2. The third-order valence-corrected chi connectivity index (χ3v) is 1.98. The summed E-state index contributed by atoms with van der Waals surface area (Å²) in [5, 5.41) is 8.81. The largest absolute Gasteiger partial charge is 0.493 e. The van der Waals surface area contributed by atoms with Crippen LogP contribution >= 0.6 is 0 Å². The maximum absolute atomic E-state index is 8.81. The molecule has 1 rings (SSSR count). The third kappa shape index (κ3) is 3.36. The van der Waals surface area contributed by atoms with Crippen molar-refractivity contribution in [3.8, 4) is 5.75 Å². The molecule has 0 spiro atoms. The van der Waals surface area contributed by atoms with Crippen LogP contribution in [-0.4, -0.2) is 18.3 Å². The Bertz CT molecular complexity index is 276. The Morgan fingerprint density at radius 3 is 2.93 bits per heavy atom. The first-order valence-corrected chi connectivity index (χ1v) is 4.79. The minimum absolute atomic E-state index is 0.149. The molecule has 0 fully saturated rings. The Morgan fingerprint density at radius 2 is 2.29 bits per heavy atom. The molecule has 0 saturated carbocycles. The number of benzene rings is 1. The fraction of sp³-hybridized carbons (Fsp3) is 0.455. The molecule has 0 aliphatic heterocycles. The van der Waals surface area contributed by atoms with Gasteiger partial charge in [-0.25, -0.2) is 0 Å². The molecule has 0 radical (unpaired) electrons. The number of rotatable bonds is 5. The molecule has 1 aromatic carbocycles. The highest BCUT2D eigenvalue weighted by atomic mass is 16.5. The van der Waals surface area contributed by atoms with Gasteiger partial charge in [0.1, 0.15) is 5.75 Å². The highest BCUT2D eigenvalue weighted by Crippen LogP contribution is 2.13. The average molecular weight is 195 g/mol. The summed E-state index contributed by atoms with van der Waals surface area (Å²) in [6.07, 6.45) is 0. The van der Waals surface area contributed by atoms with Crippen LogP contribution < -0.4 is 10.5 Å². The van der Waals surface area contributed by atoms with E-state index in [1.165, 1.54) is 0 Å². The lowest BCUT2D eigenvalue weighted by Gasteiger charge is -2.10. The molecular weight excluding hydrogens is 178 g/mol. The van der Waals surface area contributed by atoms with Crippen molar-refractivity contribution >= 4 is 0 Å². The summed E-state index contributed by atoms with van der Waals surface area (Å²) >= 11 is 0. The molecule has 0 amide bonds. The molecule has 0 bridgehead atoms. The maximum Gasteiger partial charge on any atom is 0.119 e. The normalized spacial score (nSPS) is 12.5. The summed E-state index contributed by atoms with van der Waals surface area (Å²) in [5.41, 5.74) is 6.56. The van der Waals surface area contributed by atoms with Crippen LogP contribution in [0.15, 0.2) is 24.3 Å². The van der Waals surface area contributed by atoms with Crippen molar-refractivity contribution in [3.63, 3.8) is 0 Å². The Labute approximate surface area is 84.5 Å². The fourth-order valence-electron chi connectivity index (χ4n) is 1.05. The van der Waals surface area contributed by atoms with Crippen LogP contribution in [-0.2, 0) is 6.54 Å². The molecule has 0 aromatic heterocycles. The molecule has 1 atom stereocenters. The lowest BCUT2D eigenvalue weighted by atomic mass is 10.2. The fourth-order valence-corrected chi connectivity index (χ4v) is 1.05. The number of hydrogen-bond donors (Lipinski definition) is 2. The zero-order chi connectivity index (χ0) is 10.4. The first-order valence-electron chi connectivity index (χ1n) is 4.79. The van der Waals surface area contributed by atoms with E-state index in [0.717, 1.165) is 11.3 Å². The second kappa shape index (κ2) is 5.62. The topological polar surface area (TPSA) is 55.5 Å². The smallest absolute Gasteiger partial charge is 0.119 e. The third-order valence-electron chi connectivity index (χ3n) is 1.98. The molecule has 1 unspecified atom stereocenters. The van der Waals surface area contributed by atoms with E-state index in [2.05, 4.69) is 0 Å². The van der Waals surface area contributed by atoms with Gasteiger partial charge >= 0.3 is 0 Å². The maximum atomic E-state index is 8.81. The first kappa shape index (κ1) is 11.0. The van der Waals surface area contributed by atoms with Gasteiger partial charge in [0, 0.05) is 19.1 Å². The Morgan fingerprint density at radius 1 is 1.50 bits per heavy atom. The van der Waals surface area contributed by atoms with Crippen molar-refractivity contribution in [2.45, 2.75) is 13.5 Å². The van der Waals surface area contributed by atoms with Gasteiger partial charge in [-0.15, -0.1) is 0 Å². The minimum atomic E-state index is 0.149. The van der Waals surface area contributed by atoms with Gasteiger partial charge in [-0.05, 0) is 17.7 Å². The van der Waals surface area contributed by atoms with Crippen molar-refractivity contribution in [1.82, 2.24) is 0 Å². The molecule has 14 heavy (non-hydrogen) atoms. The molecule has 3 nitrogen and oxygen atoms in total. The van der Waals surface area contributed by atoms with Crippen LogP contribution in [0, 0.1) is 5.92 Å². The SMILES string of the molecule is CC(CO)COc1cccc(CN)c1. The molecule has 3 heteroatoms. The highest BCUT2D eigenvalue weighted by molar-refractivity contribution is 5.28. The average Bonchev–Trinajstić information content (AvgIpc) is 2.26. The van der Waals surface area contributed by atoms with Gasteiger partial charge in [0.2, 0.25) is 0 Å². The molecule has 0 aliphatic carbocycles. The van der Waals surface area contributed by atoms with Crippen molar-refractivity contribution in [2.24, 2.45) is 11.7 Å². The summed E-state index contributed by atoms with van der Waals surface area (Å²) in [6, 6.07) is 7.69. The van der Waals surface area contributed by atoms with E-state index < -0.39 is 0 Å². The van der Waals surface area contributed by atoms with Gasteiger partial charge in [-0.3, -0.25) is 0 Å². The monoisotopic (exact) mass is 195 g/mol. The van der Waals surface area contributed by atoms with Gasteiger partial charge in [-0.2, -0.15) is 0 Å². The van der Waals surface area contributed by atoms with Crippen LogP contribution in [0.25, 0.3) is 0 Å². The van der Waals surface area contributed by atoms with Crippen molar-refractivity contribution < 1.29 is 9.84 Å². The predicted molar refractivity (Wildman–Crippen MR) is 56.1 cm³/mol. The van der Waals surface area contributed by atoms with E-state index >= 15 is 0 Å². The second-order valence-corrected chi connectivity index (χ2v) is 3.45. The van der Waals surface area contributed by atoms with Crippen molar-refractivity contribution in [1.29, 1.82) is 0 Å². The van der Waals surface area contributed by atoms with E-state index in [-0.39, 0.29) is 12.5 Å². The van der Waals surface area contributed by atoms with Gasteiger partial charge in [0.15, 0.2) is 0 Å². The summed E-state index contributed by atoms with van der Waals surface area (Å²) in [5.74, 6) is 0.977. The lowest BCUT2D eigenvalue weighted by molar-refractivity contribution is 0.174. The summed E-state index contributed by atoms with van der Waals surface area (Å²) in [4.78, 5) is 0. The molecule has 0 saturated heterocycles. The number of ether oxygens (including phenoxy) is 1. The van der Waals surface area contributed by atoms with Gasteiger partial charge in [-0.1, -0.05) is 19.1 Å².